The molecule has 1 amide bonds. The molecule has 2 aromatic carbocycles. The molecule has 2 aromatic rings. The van der Waals surface area contributed by atoms with Crippen molar-refractivity contribution in [3.8, 4) is 5.75 Å². The van der Waals surface area contributed by atoms with Crippen LogP contribution < -0.4 is 10.1 Å². The average Bonchev–Trinajstić information content (AvgIpc) is 2.61. The summed E-state index contributed by atoms with van der Waals surface area (Å²) in [5, 5.41) is 2.81. The predicted octanol–water partition coefficient (Wildman–Crippen LogP) is 3.79. The van der Waals surface area contributed by atoms with E-state index in [9.17, 15) is 9.18 Å². The van der Waals surface area contributed by atoms with Gasteiger partial charge in [0.25, 0.3) is 5.91 Å². The molecular formula is C20H22FNO2. The lowest BCUT2D eigenvalue weighted by Gasteiger charge is -2.19. The highest BCUT2D eigenvalue weighted by atomic mass is 19.1. The summed E-state index contributed by atoms with van der Waals surface area (Å²) in [5.74, 6) is 0.270. The average molecular weight is 327 g/mol. The van der Waals surface area contributed by atoms with Crippen LogP contribution in [0.4, 0.5) is 4.39 Å². The van der Waals surface area contributed by atoms with E-state index in [1.54, 1.807) is 19.1 Å². The summed E-state index contributed by atoms with van der Waals surface area (Å²) < 4.78 is 18.6. The van der Waals surface area contributed by atoms with Crippen LogP contribution in [0.3, 0.4) is 0 Å². The number of carbonyl (C=O) groups excluding carboxylic acids is 1. The van der Waals surface area contributed by atoms with Gasteiger partial charge in [0.05, 0.1) is 0 Å². The van der Waals surface area contributed by atoms with E-state index in [1.807, 2.05) is 6.07 Å². The van der Waals surface area contributed by atoms with Crippen molar-refractivity contribution in [3.63, 3.8) is 0 Å². The molecule has 1 aliphatic carbocycles. The van der Waals surface area contributed by atoms with Crippen molar-refractivity contribution < 1.29 is 13.9 Å². The molecule has 0 radical (unpaired) electrons. The fourth-order valence-electron chi connectivity index (χ4n) is 2.98. The SMILES string of the molecule is C[C@H](Oc1ccc2c(c1)CCCC2)C(=O)NCc1ccc(F)cc1. The maximum atomic E-state index is 12.9. The highest BCUT2D eigenvalue weighted by Crippen LogP contribution is 2.25. The van der Waals surface area contributed by atoms with Gasteiger partial charge in [0.15, 0.2) is 6.10 Å². The van der Waals surface area contributed by atoms with E-state index in [1.165, 1.54) is 36.1 Å². The molecule has 126 valence electrons. The van der Waals surface area contributed by atoms with Gasteiger partial charge in [-0.3, -0.25) is 4.79 Å². The van der Waals surface area contributed by atoms with E-state index < -0.39 is 6.10 Å². The lowest BCUT2D eigenvalue weighted by Crippen LogP contribution is -2.35. The van der Waals surface area contributed by atoms with E-state index in [-0.39, 0.29) is 11.7 Å². The monoisotopic (exact) mass is 327 g/mol. The second kappa shape index (κ2) is 7.47. The molecule has 1 aliphatic rings. The number of carbonyl (C=O) groups is 1. The first-order valence-corrected chi connectivity index (χ1v) is 8.42. The van der Waals surface area contributed by atoms with Crippen molar-refractivity contribution in [1.82, 2.24) is 5.32 Å². The summed E-state index contributed by atoms with van der Waals surface area (Å²) in [6.45, 7) is 2.09. The first kappa shape index (κ1) is 16.5. The molecule has 4 heteroatoms. The minimum atomic E-state index is -0.577. The van der Waals surface area contributed by atoms with Crippen LogP contribution in [-0.2, 0) is 24.2 Å². The van der Waals surface area contributed by atoms with Crippen LogP contribution in [0.25, 0.3) is 0 Å². The van der Waals surface area contributed by atoms with Gasteiger partial charge >= 0.3 is 0 Å². The van der Waals surface area contributed by atoms with Gasteiger partial charge in [-0.05, 0) is 73.6 Å². The van der Waals surface area contributed by atoms with Crippen molar-refractivity contribution in [3.05, 3.63) is 65.0 Å². The highest BCUT2D eigenvalue weighted by molar-refractivity contribution is 5.80. The quantitative estimate of drug-likeness (QED) is 0.907. The zero-order valence-electron chi connectivity index (χ0n) is 13.8. The summed E-state index contributed by atoms with van der Waals surface area (Å²) in [6, 6.07) is 12.2. The van der Waals surface area contributed by atoms with Crippen molar-refractivity contribution in [2.24, 2.45) is 0 Å². The second-order valence-corrected chi connectivity index (χ2v) is 6.24. The largest absolute Gasteiger partial charge is 0.481 e. The Balaban J connectivity index is 1.55. The molecule has 0 saturated heterocycles. The second-order valence-electron chi connectivity index (χ2n) is 6.24. The van der Waals surface area contributed by atoms with Crippen molar-refractivity contribution in [2.75, 3.05) is 0 Å². The number of halogens is 1. The Morgan fingerprint density at radius 2 is 1.83 bits per heavy atom. The maximum absolute atomic E-state index is 12.9. The number of ether oxygens (including phenoxy) is 1. The number of rotatable bonds is 5. The topological polar surface area (TPSA) is 38.3 Å². The zero-order chi connectivity index (χ0) is 16.9. The van der Waals surface area contributed by atoms with Gasteiger partial charge in [-0.15, -0.1) is 0 Å². The zero-order valence-corrected chi connectivity index (χ0v) is 13.8. The number of amides is 1. The summed E-state index contributed by atoms with van der Waals surface area (Å²) in [7, 11) is 0. The van der Waals surface area contributed by atoms with E-state index in [4.69, 9.17) is 4.74 Å². The van der Waals surface area contributed by atoms with Gasteiger partial charge in [-0.2, -0.15) is 0 Å². The molecule has 0 unspecified atom stereocenters. The van der Waals surface area contributed by atoms with Gasteiger partial charge in [-0.25, -0.2) is 4.39 Å². The smallest absolute Gasteiger partial charge is 0.261 e. The van der Waals surface area contributed by atoms with Gasteiger partial charge in [-0.1, -0.05) is 18.2 Å². The molecule has 1 N–H and O–H groups in total. The lowest BCUT2D eigenvalue weighted by molar-refractivity contribution is -0.127. The van der Waals surface area contributed by atoms with Crippen molar-refractivity contribution in [2.45, 2.75) is 45.3 Å². The molecule has 0 aliphatic heterocycles. The van der Waals surface area contributed by atoms with Crippen molar-refractivity contribution >= 4 is 5.91 Å². The molecule has 0 saturated carbocycles. The van der Waals surface area contributed by atoms with E-state index in [0.717, 1.165) is 24.2 Å². The molecule has 0 spiro atoms. The van der Waals surface area contributed by atoms with Crippen LogP contribution in [0.1, 0.15) is 36.5 Å². The summed E-state index contributed by atoms with van der Waals surface area (Å²) in [5.41, 5.74) is 3.57. The summed E-state index contributed by atoms with van der Waals surface area (Å²) >= 11 is 0. The first-order chi connectivity index (χ1) is 11.6. The molecule has 0 heterocycles. The fraction of sp³-hybridized carbons (Fsp3) is 0.350. The molecule has 0 fully saturated rings. The molecule has 1 atom stereocenters. The number of hydrogen-bond donors (Lipinski definition) is 1. The van der Waals surface area contributed by atoms with Crippen LogP contribution in [0.5, 0.6) is 5.75 Å². The third kappa shape index (κ3) is 4.13. The van der Waals surface area contributed by atoms with E-state index in [0.29, 0.717) is 6.54 Å². The van der Waals surface area contributed by atoms with E-state index >= 15 is 0 Å². The van der Waals surface area contributed by atoms with Crippen LogP contribution >= 0.6 is 0 Å². The summed E-state index contributed by atoms with van der Waals surface area (Å²) in [4.78, 5) is 12.2. The highest BCUT2D eigenvalue weighted by Gasteiger charge is 2.16. The number of aryl methyl sites for hydroxylation is 2. The minimum Gasteiger partial charge on any atom is -0.481 e. The van der Waals surface area contributed by atoms with Gasteiger partial charge in [0, 0.05) is 6.54 Å². The fourth-order valence-corrected chi connectivity index (χ4v) is 2.98. The Morgan fingerprint density at radius 1 is 1.12 bits per heavy atom. The summed E-state index contributed by atoms with van der Waals surface area (Å²) in [6.07, 6.45) is 4.09. The molecule has 3 rings (SSSR count). The van der Waals surface area contributed by atoms with Gasteiger partial charge < -0.3 is 10.1 Å². The Labute approximate surface area is 141 Å². The molecule has 24 heavy (non-hydrogen) atoms. The third-order valence-electron chi connectivity index (χ3n) is 4.38. The normalized spacial score (nSPS) is 14.6. The Bertz CT molecular complexity index is 712. The number of hydrogen-bond acceptors (Lipinski definition) is 2. The molecule has 3 nitrogen and oxygen atoms in total. The predicted molar refractivity (Wildman–Crippen MR) is 91.4 cm³/mol. The Kier molecular flexibility index (Phi) is 5.14. The molecule has 0 aromatic heterocycles. The van der Waals surface area contributed by atoms with Crippen LogP contribution in [0.15, 0.2) is 42.5 Å². The van der Waals surface area contributed by atoms with Gasteiger partial charge in [0.2, 0.25) is 0 Å². The maximum Gasteiger partial charge on any atom is 0.261 e. The Hall–Kier alpha value is -2.36. The van der Waals surface area contributed by atoms with Gasteiger partial charge in [0.1, 0.15) is 11.6 Å². The molecule has 0 bridgehead atoms. The number of benzene rings is 2. The Morgan fingerprint density at radius 3 is 2.58 bits per heavy atom. The minimum absolute atomic E-state index is 0.183. The van der Waals surface area contributed by atoms with Crippen LogP contribution in [0, 0.1) is 5.82 Å². The molecular weight excluding hydrogens is 305 g/mol. The standard InChI is InChI=1S/C20H22FNO2/c1-14(20(23)22-13-15-6-9-18(21)10-7-15)24-19-11-8-16-4-2-3-5-17(16)12-19/h6-12,14H,2-5,13H2,1H3,(H,22,23)/t14-/m0/s1. The first-order valence-electron chi connectivity index (χ1n) is 8.42. The number of nitrogens with one attached hydrogen (secondary N) is 1. The van der Waals surface area contributed by atoms with Crippen LogP contribution in [0.2, 0.25) is 0 Å². The number of fused-ring (bicyclic) bond motifs is 1. The van der Waals surface area contributed by atoms with Crippen molar-refractivity contribution in [1.29, 1.82) is 0 Å². The van der Waals surface area contributed by atoms with Crippen LogP contribution in [-0.4, -0.2) is 12.0 Å². The van der Waals surface area contributed by atoms with E-state index in [2.05, 4.69) is 17.4 Å². The lowest BCUT2D eigenvalue weighted by atomic mass is 9.92. The third-order valence-corrected chi connectivity index (χ3v) is 4.38.